The van der Waals surface area contributed by atoms with E-state index in [1.54, 1.807) is 6.20 Å². The lowest BCUT2D eigenvalue weighted by Gasteiger charge is -1.95. The van der Waals surface area contributed by atoms with Gasteiger partial charge in [0.25, 0.3) is 0 Å². The highest BCUT2D eigenvalue weighted by atomic mass is 14.9. The molecular formula is C11H14N+. The molecule has 0 aliphatic rings. The summed E-state index contributed by atoms with van der Waals surface area (Å²) < 4.78 is 1.95. The van der Waals surface area contributed by atoms with Gasteiger partial charge in [-0.25, -0.2) is 4.58 Å². The Hall–Kier alpha value is -1.37. The third-order valence-electron chi connectivity index (χ3n) is 1.82. The molecule has 0 N–H and O–H groups in total. The molecule has 62 valence electrons. The lowest BCUT2D eigenvalue weighted by molar-refractivity contribution is -0.415. The first-order valence-electron chi connectivity index (χ1n) is 3.99. The zero-order chi connectivity index (χ0) is 8.97. The third kappa shape index (κ3) is 2.06. The van der Waals surface area contributed by atoms with E-state index in [1.807, 2.05) is 23.8 Å². The van der Waals surface area contributed by atoms with Gasteiger partial charge in [-0.1, -0.05) is 18.2 Å². The van der Waals surface area contributed by atoms with Gasteiger partial charge in [-0.15, -0.1) is 0 Å². The largest absolute Gasteiger partial charge is 0.208 e. The van der Waals surface area contributed by atoms with Crippen molar-refractivity contribution in [1.82, 2.24) is 0 Å². The smallest absolute Gasteiger partial charge is 0.176 e. The molecule has 1 heteroatoms. The van der Waals surface area contributed by atoms with Gasteiger partial charge in [0.2, 0.25) is 0 Å². The summed E-state index contributed by atoms with van der Waals surface area (Å²) in [5.41, 5.74) is 2.52. The summed E-state index contributed by atoms with van der Waals surface area (Å²) in [6, 6.07) is 8.27. The Morgan fingerprint density at radius 3 is 2.58 bits per heavy atom. The summed E-state index contributed by atoms with van der Waals surface area (Å²) in [6.07, 6.45) is 3.84. The summed E-state index contributed by atoms with van der Waals surface area (Å²) in [7, 11) is 1.97. The van der Waals surface area contributed by atoms with Crippen molar-refractivity contribution in [1.29, 1.82) is 0 Å². The van der Waals surface area contributed by atoms with Crippen molar-refractivity contribution in [2.75, 3.05) is 7.05 Å². The van der Waals surface area contributed by atoms with Crippen LogP contribution in [0.15, 0.2) is 37.0 Å². The van der Waals surface area contributed by atoms with Gasteiger partial charge in [0.1, 0.15) is 7.05 Å². The maximum absolute atomic E-state index is 3.68. The first-order valence-corrected chi connectivity index (χ1v) is 3.99. The number of aryl methyl sites for hydroxylation is 1. The molecule has 0 aliphatic heterocycles. The summed E-state index contributed by atoms with van der Waals surface area (Å²) >= 11 is 0. The molecule has 0 fully saturated rings. The molecule has 0 amide bonds. The van der Waals surface area contributed by atoms with E-state index in [-0.39, 0.29) is 0 Å². The minimum absolute atomic E-state index is 1.24. The van der Waals surface area contributed by atoms with Gasteiger partial charge in [0.05, 0.1) is 0 Å². The van der Waals surface area contributed by atoms with E-state index in [4.69, 9.17) is 0 Å². The van der Waals surface area contributed by atoms with Crippen LogP contribution >= 0.6 is 0 Å². The van der Waals surface area contributed by atoms with Gasteiger partial charge in [-0.3, -0.25) is 0 Å². The molecular weight excluding hydrogens is 146 g/mol. The molecule has 0 atom stereocenters. The highest BCUT2D eigenvalue weighted by Crippen LogP contribution is 2.02. The summed E-state index contributed by atoms with van der Waals surface area (Å²) in [4.78, 5) is 0. The molecule has 0 spiro atoms. The second-order valence-corrected chi connectivity index (χ2v) is 2.83. The summed E-state index contributed by atoms with van der Waals surface area (Å²) in [6.45, 7) is 5.78. The SMILES string of the molecule is C=C/[N+](C)=C/c1ccccc1C. The van der Waals surface area contributed by atoms with E-state index in [0.717, 1.165) is 0 Å². The van der Waals surface area contributed by atoms with Crippen molar-refractivity contribution in [2.45, 2.75) is 6.92 Å². The van der Waals surface area contributed by atoms with Crippen LogP contribution in [0.2, 0.25) is 0 Å². The predicted molar refractivity (Wildman–Crippen MR) is 52.7 cm³/mol. The Morgan fingerprint density at radius 1 is 1.33 bits per heavy atom. The van der Waals surface area contributed by atoms with Crippen molar-refractivity contribution < 1.29 is 4.58 Å². The summed E-state index contributed by atoms with van der Waals surface area (Å²) in [5.74, 6) is 0. The van der Waals surface area contributed by atoms with Crippen LogP contribution in [0.25, 0.3) is 0 Å². The molecule has 0 saturated carbocycles. The van der Waals surface area contributed by atoms with Crippen LogP contribution in [0, 0.1) is 6.92 Å². The second-order valence-electron chi connectivity index (χ2n) is 2.83. The molecule has 0 unspecified atom stereocenters. The van der Waals surface area contributed by atoms with E-state index >= 15 is 0 Å². The monoisotopic (exact) mass is 160 g/mol. The van der Waals surface area contributed by atoms with E-state index in [9.17, 15) is 0 Å². The number of hydrogen-bond donors (Lipinski definition) is 0. The minimum Gasteiger partial charge on any atom is -0.208 e. The lowest BCUT2D eigenvalue weighted by Crippen LogP contribution is -1.99. The molecule has 0 heterocycles. The van der Waals surface area contributed by atoms with Gasteiger partial charge in [-0.05, 0) is 25.1 Å². The van der Waals surface area contributed by atoms with E-state index in [1.165, 1.54) is 11.1 Å². The first-order chi connectivity index (χ1) is 5.74. The van der Waals surface area contributed by atoms with Crippen LogP contribution in [-0.4, -0.2) is 17.8 Å². The standard InChI is InChI=1S/C11H14N/c1-4-12(3)9-11-8-6-5-7-10(11)2/h4-9H,1H2,2-3H3/q+1/b12-9+. The number of rotatable bonds is 2. The highest BCUT2D eigenvalue weighted by Gasteiger charge is 1.96. The molecule has 0 aliphatic carbocycles. The van der Waals surface area contributed by atoms with Crippen molar-refractivity contribution in [3.05, 3.63) is 48.2 Å². The second kappa shape index (κ2) is 3.86. The molecule has 0 saturated heterocycles. The number of nitrogens with zero attached hydrogens (tertiary/aromatic N) is 1. The molecule has 1 nitrogen and oxygen atoms in total. The predicted octanol–water partition coefficient (Wildman–Crippen LogP) is 2.20. The Kier molecular flexibility index (Phi) is 2.81. The zero-order valence-electron chi connectivity index (χ0n) is 7.62. The Morgan fingerprint density at radius 2 is 2.00 bits per heavy atom. The highest BCUT2D eigenvalue weighted by molar-refractivity contribution is 5.77. The third-order valence-corrected chi connectivity index (χ3v) is 1.82. The van der Waals surface area contributed by atoms with Crippen LogP contribution in [0.3, 0.4) is 0 Å². The van der Waals surface area contributed by atoms with Crippen LogP contribution in [-0.2, 0) is 0 Å². The first kappa shape index (κ1) is 8.72. The molecule has 1 aromatic carbocycles. The Balaban J connectivity index is 3.04. The maximum atomic E-state index is 3.68. The van der Waals surface area contributed by atoms with Crippen LogP contribution in [0.5, 0.6) is 0 Å². The van der Waals surface area contributed by atoms with Gasteiger partial charge in [0, 0.05) is 5.56 Å². The maximum Gasteiger partial charge on any atom is 0.176 e. The minimum atomic E-state index is 1.24. The lowest BCUT2D eigenvalue weighted by atomic mass is 10.1. The van der Waals surface area contributed by atoms with Gasteiger partial charge < -0.3 is 0 Å². The average Bonchev–Trinajstić information content (AvgIpc) is 2.09. The normalized spacial score (nSPS) is 11.3. The topological polar surface area (TPSA) is 3.01 Å². The van der Waals surface area contributed by atoms with Crippen molar-refractivity contribution in [2.24, 2.45) is 0 Å². The number of benzene rings is 1. The quantitative estimate of drug-likeness (QED) is 0.461. The Labute approximate surface area is 73.7 Å². The van der Waals surface area contributed by atoms with Crippen molar-refractivity contribution in [3.63, 3.8) is 0 Å². The molecule has 1 aromatic rings. The molecule has 12 heavy (non-hydrogen) atoms. The molecule has 0 radical (unpaired) electrons. The van der Waals surface area contributed by atoms with Crippen molar-refractivity contribution in [3.8, 4) is 0 Å². The Bertz CT molecular complexity index is 311. The fourth-order valence-corrected chi connectivity index (χ4v) is 1.00. The fraction of sp³-hybridized carbons (Fsp3) is 0.182. The molecule has 0 bridgehead atoms. The van der Waals surface area contributed by atoms with E-state index < -0.39 is 0 Å². The summed E-state index contributed by atoms with van der Waals surface area (Å²) in [5, 5.41) is 0. The van der Waals surface area contributed by atoms with Gasteiger partial charge in [-0.2, -0.15) is 0 Å². The van der Waals surface area contributed by atoms with Crippen LogP contribution in [0.1, 0.15) is 11.1 Å². The average molecular weight is 160 g/mol. The van der Waals surface area contributed by atoms with Crippen molar-refractivity contribution >= 4 is 6.21 Å². The van der Waals surface area contributed by atoms with E-state index in [2.05, 4.69) is 31.9 Å². The molecule has 0 aromatic heterocycles. The van der Waals surface area contributed by atoms with Gasteiger partial charge >= 0.3 is 0 Å². The number of hydrogen-bond acceptors (Lipinski definition) is 0. The zero-order valence-corrected chi connectivity index (χ0v) is 7.62. The van der Waals surface area contributed by atoms with Gasteiger partial charge in [0.15, 0.2) is 12.4 Å². The fourth-order valence-electron chi connectivity index (χ4n) is 1.00. The van der Waals surface area contributed by atoms with E-state index in [0.29, 0.717) is 0 Å². The van der Waals surface area contributed by atoms with Crippen LogP contribution < -0.4 is 0 Å². The molecule has 1 rings (SSSR count). The van der Waals surface area contributed by atoms with Crippen LogP contribution in [0.4, 0.5) is 0 Å².